The molecule has 0 aliphatic heterocycles. The van der Waals surface area contributed by atoms with Gasteiger partial charge >= 0.3 is 5.51 Å². The Balaban J connectivity index is 1.76. The minimum atomic E-state index is -4.17. The number of halogens is 3. The van der Waals surface area contributed by atoms with Gasteiger partial charge in [0.2, 0.25) is 0 Å². The van der Waals surface area contributed by atoms with Gasteiger partial charge in [0, 0.05) is 11.8 Å². The summed E-state index contributed by atoms with van der Waals surface area (Å²) < 4.78 is 37.4. The number of nitrogens with zero attached hydrogens (tertiary/aromatic N) is 3. The van der Waals surface area contributed by atoms with Crippen LogP contribution in [0.2, 0.25) is 0 Å². The van der Waals surface area contributed by atoms with E-state index >= 15 is 0 Å². The molecule has 0 atom stereocenters. The molecule has 0 radical (unpaired) electrons. The van der Waals surface area contributed by atoms with Crippen LogP contribution in [0.4, 0.5) is 13.2 Å². The zero-order chi connectivity index (χ0) is 12.3. The molecule has 0 spiro atoms. The molecule has 0 unspecified atom stereocenters. The number of aryl methyl sites for hydroxylation is 1. The fourth-order valence-corrected chi connectivity index (χ4v) is 1.88. The average molecular weight is 266 g/mol. The number of rotatable bonds is 6. The first-order valence-corrected chi connectivity index (χ1v) is 6.34. The van der Waals surface area contributed by atoms with Crippen LogP contribution in [0, 0.1) is 0 Å². The van der Waals surface area contributed by atoms with Crippen LogP contribution in [0.1, 0.15) is 18.7 Å². The summed E-state index contributed by atoms with van der Waals surface area (Å²) in [6.45, 7) is 0.799. The molecule has 1 N–H and O–H groups in total. The van der Waals surface area contributed by atoms with Crippen molar-refractivity contribution in [2.75, 3.05) is 5.75 Å². The standard InChI is InChI=1S/C9H13F3N4S/c10-9(11,12)17-4-3-16-8(14-6-15-16)5-13-7-1-2-7/h6-7,13H,1-5H2. The Labute approximate surface area is 101 Å². The van der Waals surface area contributed by atoms with Crippen molar-refractivity contribution in [3.63, 3.8) is 0 Å². The largest absolute Gasteiger partial charge is 0.441 e. The molecule has 4 nitrogen and oxygen atoms in total. The van der Waals surface area contributed by atoms with Crippen molar-refractivity contribution in [3.8, 4) is 0 Å². The summed E-state index contributed by atoms with van der Waals surface area (Å²) in [4.78, 5) is 4.03. The van der Waals surface area contributed by atoms with Gasteiger partial charge in [0.15, 0.2) is 0 Å². The van der Waals surface area contributed by atoms with E-state index in [-0.39, 0.29) is 24.1 Å². The molecule has 0 aromatic carbocycles. The van der Waals surface area contributed by atoms with Crippen molar-refractivity contribution in [1.29, 1.82) is 0 Å². The number of nitrogens with one attached hydrogen (secondary N) is 1. The van der Waals surface area contributed by atoms with Crippen molar-refractivity contribution in [3.05, 3.63) is 12.2 Å². The van der Waals surface area contributed by atoms with Crippen molar-refractivity contribution in [1.82, 2.24) is 20.1 Å². The lowest BCUT2D eigenvalue weighted by Gasteiger charge is -2.08. The Kier molecular flexibility index (Phi) is 3.93. The zero-order valence-electron chi connectivity index (χ0n) is 9.07. The molecular weight excluding hydrogens is 253 g/mol. The number of hydrogen-bond acceptors (Lipinski definition) is 4. The third kappa shape index (κ3) is 4.55. The maximum atomic E-state index is 12.0. The van der Waals surface area contributed by atoms with E-state index in [1.807, 2.05) is 0 Å². The van der Waals surface area contributed by atoms with Gasteiger partial charge in [0.1, 0.15) is 12.2 Å². The van der Waals surface area contributed by atoms with E-state index in [9.17, 15) is 13.2 Å². The fourth-order valence-electron chi connectivity index (χ4n) is 1.38. The van der Waals surface area contributed by atoms with Gasteiger partial charge in [-0.25, -0.2) is 9.67 Å². The molecule has 1 aliphatic rings. The molecule has 1 heterocycles. The summed E-state index contributed by atoms with van der Waals surface area (Å²) in [7, 11) is 0. The lowest BCUT2D eigenvalue weighted by atomic mass is 10.5. The first-order valence-electron chi connectivity index (χ1n) is 5.35. The third-order valence-electron chi connectivity index (χ3n) is 2.39. The monoisotopic (exact) mass is 266 g/mol. The second kappa shape index (κ2) is 5.26. The first kappa shape index (κ1) is 12.7. The van der Waals surface area contributed by atoms with Gasteiger partial charge in [-0.05, 0) is 24.6 Å². The van der Waals surface area contributed by atoms with Crippen molar-refractivity contribution >= 4 is 11.8 Å². The van der Waals surface area contributed by atoms with E-state index in [4.69, 9.17) is 0 Å². The van der Waals surface area contributed by atoms with E-state index in [1.54, 1.807) is 0 Å². The first-order chi connectivity index (χ1) is 8.04. The second-order valence-electron chi connectivity index (χ2n) is 3.85. The molecule has 0 bridgehead atoms. The summed E-state index contributed by atoms with van der Waals surface area (Å²) in [5.41, 5.74) is -4.17. The number of thioether (sulfide) groups is 1. The molecular formula is C9H13F3N4S. The van der Waals surface area contributed by atoms with Crippen molar-refractivity contribution < 1.29 is 13.2 Å². The van der Waals surface area contributed by atoms with Crippen molar-refractivity contribution in [2.45, 2.75) is 37.5 Å². The summed E-state index contributed by atoms with van der Waals surface area (Å²) in [5, 5.41) is 7.17. The number of hydrogen-bond donors (Lipinski definition) is 1. The van der Waals surface area contributed by atoms with Gasteiger partial charge in [-0.1, -0.05) is 0 Å². The van der Waals surface area contributed by atoms with Crippen LogP contribution in [0.25, 0.3) is 0 Å². The average Bonchev–Trinajstić information content (AvgIpc) is 2.95. The molecule has 17 heavy (non-hydrogen) atoms. The number of alkyl halides is 3. The molecule has 0 saturated heterocycles. The Morgan fingerprint density at radius 3 is 2.88 bits per heavy atom. The quantitative estimate of drug-likeness (QED) is 0.852. The molecule has 1 aliphatic carbocycles. The van der Waals surface area contributed by atoms with Crippen LogP contribution in [-0.2, 0) is 13.1 Å². The molecule has 1 fully saturated rings. The van der Waals surface area contributed by atoms with E-state index < -0.39 is 5.51 Å². The maximum absolute atomic E-state index is 12.0. The van der Waals surface area contributed by atoms with Crippen LogP contribution in [0.15, 0.2) is 6.33 Å². The third-order valence-corrected chi connectivity index (χ3v) is 3.10. The van der Waals surface area contributed by atoms with E-state index in [2.05, 4.69) is 15.4 Å². The predicted molar refractivity (Wildman–Crippen MR) is 58.4 cm³/mol. The molecule has 1 saturated carbocycles. The van der Waals surface area contributed by atoms with Gasteiger partial charge in [-0.3, -0.25) is 0 Å². The Hall–Kier alpha value is -0.760. The van der Waals surface area contributed by atoms with Crippen LogP contribution in [-0.4, -0.2) is 32.1 Å². The zero-order valence-corrected chi connectivity index (χ0v) is 9.89. The molecule has 2 rings (SSSR count). The highest BCUT2D eigenvalue weighted by atomic mass is 32.2. The highest BCUT2D eigenvalue weighted by molar-refractivity contribution is 8.00. The van der Waals surface area contributed by atoms with Gasteiger partial charge in [-0.2, -0.15) is 18.3 Å². The fraction of sp³-hybridized carbons (Fsp3) is 0.778. The summed E-state index contributed by atoms with van der Waals surface area (Å²) in [6.07, 6.45) is 3.71. The molecule has 1 aromatic heterocycles. The van der Waals surface area contributed by atoms with Gasteiger partial charge in [-0.15, -0.1) is 0 Å². The lowest BCUT2D eigenvalue weighted by molar-refractivity contribution is -0.0328. The lowest BCUT2D eigenvalue weighted by Crippen LogP contribution is -2.20. The predicted octanol–water partition coefficient (Wildman–Crippen LogP) is 1.78. The molecule has 0 amide bonds. The van der Waals surface area contributed by atoms with Gasteiger partial charge in [0.05, 0.1) is 13.1 Å². The maximum Gasteiger partial charge on any atom is 0.441 e. The normalized spacial score (nSPS) is 16.4. The van der Waals surface area contributed by atoms with Gasteiger partial charge < -0.3 is 5.32 Å². The van der Waals surface area contributed by atoms with E-state index in [0.717, 1.165) is 12.8 Å². The summed E-state index contributed by atoms with van der Waals surface area (Å²) in [5.74, 6) is 0.656. The van der Waals surface area contributed by atoms with Gasteiger partial charge in [0.25, 0.3) is 0 Å². The van der Waals surface area contributed by atoms with Crippen LogP contribution >= 0.6 is 11.8 Å². The Morgan fingerprint density at radius 1 is 1.47 bits per heavy atom. The van der Waals surface area contributed by atoms with E-state index in [1.165, 1.54) is 11.0 Å². The highest BCUT2D eigenvalue weighted by Crippen LogP contribution is 2.30. The van der Waals surface area contributed by atoms with Crippen LogP contribution in [0.5, 0.6) is 0 Å². The number of aromatic nitrogens is 3. The molecule has 96 valence electrons. The minimum Gasteiger partial charge on any atom is -0.307 e. The topological polar surface area (TPSA) is 42.7 Å². The summed E-state index contributed by atoms with van der Waals surface area (Å²) >= 11 is -0.0318. The smallest absolute Gasteiger partial charge is 0.307 e. The highest BCUT2D eigenvalue weighted by Gasteiger charge is 2.27. The second-order valence-corrected chi connectivity index (χ2v) is 5.01. The Bertz CT molecular complexity index is 361. The van der Waals surface area contributed by atoms with E-state index in [0.29, 0.717) is 18.4 Å². The van der Waals surface area contributed by atoms with Crippen LogP contribution < -0.4 is 5.32 Å². The molecule has 1 aromatic rings. The minimum absolute atomic E-state index is 0.0318. The molecule has 8 heteroatoms. The van der Waals surface area contributed by atoms with Crippen LogP contribution in [0.3, 0.4) is 0 Å². The Morgan fingerprint density at radius 2 is 2.24 bits per heavy atom. The summed E-state index contributed by atoms with van der Waals surface area (Å²) in [6, 6.07) is 0.546. The SMILES string of the molecule is FC(F)(F)SCCn1ncnc1CNC1CC1. The van der Waals surface area contributed by atoms with Crippen molar-refractivity contribution in [2.24, 2.45) is 0 Å².